The zero-order chi connectivity index (χ0) is 40.1. The number of carbonyl (C=O) groups excluding carboxylic acids is 4. The number of benzene rings is 1. The van der Waals surface area contributed by atoms with E-state index in [1.54, 1.807) is 0 Å². The molecule has 0 spiro atoms. The first kappa shape index (κ1) is 43.7. The van der Waals surface area contributed by atoms with Gasteiger partial charge in [0.1, 0.15) is 23.3 Å². The van der Waals surface area contributed by atoms with Crippen LogP contribution in [0.15, 0.2) is 39.2 Å². The first-order valence-corrected chi connectivity index (χ1v) is 21.9. The number of amides is 2. The summed E-state index contributed by atoms with van der Waals surface area (Å²) < 4.78 is 13.2. The van der Waals surface area contributed by atoms with E-state index in [-0.39, 0.29) is 70.0 Å². The predicted molar refractivity (Wildman–Crippen MR) is 215 cm³/mol. The van der Waals surface area contributed by atoms with Crippen LogP contribution in [-0.2, 0) is 19.2 Å². The molecule has 1 fully saturated rings. The fourth-order valence-corrected chi connectivity index (χ4v) is 12.2. The molecule has 1 aromatic carbocycles. The van der Waals surface area contributed by atoms with Crippen molar-refractivity contribution in [1.82, 2.24) is 10.0 Å². The minimum Gasteiger partial charge on any atom is -0.424 e. The number of esters is 2. The van der Waals surface area contributed by atoms with Gasteiger partial charge in [0.05, 0.1) is 28.1 Å². The number of nitriles is 2. The van der Waals surface area contributed by atoms with Crippen LogP contribution in [-0.4, -0.2) is 46.9 Å². The highest BCUT2D eigenvalue weighted by Crippen LogP contribution is 2.68. The van der Waals surface area contributed by atoms with Crippen LogP contribution in [0.5, 0.6) is 11.5 Å². The van der Waals surface area contributed by atoms with Gasteiger partial charge in [-0.3, -0.25) is 19.2 Å². The van der Waals surface area contributed by atoms with Crippen molar-refractivity contribution in [3.05, 3.63) is 19.6 Å². The molecular formula is C40H52N4O6S4. The first-order chi connectivity index (χ1) is 25.3. The Morgan fingerprint density at radius 2 is 1.06 bits per heavy atom. The van der Waals surface area contributed by atoms with Crippen LogP contribution >= 0.6 is 47.0 Å². The topological polar surface area (TPSA) is 141 Å². The highest BCUT2D eigenvalue weighted by molar-refractivity contribution is 8.26. The fraction of sp³-hybridized carbons (Fsp3) is 0.600. The lowest BCUT2D eigenvalue weighted by atomic mass is 9.84. The van der Waals surface area contributed by atoms with Gasteiger partial charge in [0.25, 0.3) is 11.8 Å². The summed E-state index contributed by atoms with van der Waals surface area (Å²) in [7, 11) is 0. The number of rotatable bonds is 14. The number of allylic oxidation sites excluding steroid dienone is 1. The Morgan fingerprint density at radius 3 is 1.39 bits per heavy atom. The van der Waals surface area contributed by atoms with Gasteiger partial charge in [0.15, 0.2) is 11.5 Å². The molecule has 2 atom stereocenters. The minimum atomic E-state index is -0.461. The zero-order valence-corrected chi connectivity index (χ0v) is 36.4. The average molecular weight is 813 g/mol. The number of unbranched alkanes of at least 4 members (excludes halogenated alkanes) is 2. The molecule has 0 bridgehead atoms. The van der Waals surface area contributed by atoms with Gasteiger partial charge in [-0.05, 0) is 48.3 Å². The van der Waals surface area contributed by atoms with Crippen molar-refractivity contribution in [2.75, 3.05) is 13.1 Å². The Hall–Kier alpha value is -3.04. The number of ether oxygens (including phenoxy) is 2. The quantitative estimate of drug-likeness (QED) is 0.0580. The van der Waals surface area contributed by atoms with E-state index in [1.807, 2.05) is 39.8 Å². The molecule has 0 aromatic heterocycles. The van der Waals surface area contributed by atoms with Crippen LogP contribution in [0, 0.1) is 45.3 Å². The highest BCUT2D eigenvalue weighted by Gasteiger charge is 2.46. The highest BCUT2D eigenvalue weighted by atomic mass is 32.2. The normalized spacial score (nSPS) is 16.6. The molecule has 0 aliphatic carbocycles. The monoisotopic (exact) mass is 812 g/mol. The van der Waals surface area contributed by atoms with E-state index < -0.39 is 11.9 Å². The van der Waals surface area contributed by atoms with Gasteiger partial charge in [-0.15, -0.1) is 0 Å². The molecule has 2 amide bonds. The van der Waals surface area contributed by atoms with Gasteiger partial charge in [-0.1, -0.05) is 129 Å². The van der Waals surface area contributed by atoms with Crippen molar-refractivity contribution in [2.45, 2.75) is 140 Å². The van der Waals surface area contributed by atoms with E-state index in [4.69, 9.17) is 9.47 Å². The van der Waals surface area contributed by atoms with E-state index >= 15 is 0 Å². The summed E-state index contributed by atoms with van der Waals surface area (Å²) in [6, 6.07) is 3.90. The molecule has 2 unspecified atom stereocenters. The molecule has 0 N–H and O–H groups in total. The van der Waals surface area contributed by atoms with Crippen molar-refractivity contribution in [1.29, 1.82) is 10.5 Å². The molecule has 0 radical (unpaired) electrons. The summed E-state index contributed by atoms with van der Waals surface area (Å²) in [5.74, 6) is -1.25. The fourth-order valence-electron chi connectivity index (χ4n) is 6.83. The molecule has 54 heavy (non-hydrogen) atoms. The van der Waals surface area contributed by atoms with E-state index in [0.717, 1.165) is 85.6 Å². The van der Waals surface area contributed by atoms with Crippen LogP contribution in [0.25, 0.3) is 0 Å². The predicted octanol–water partition coefficient (Wildman–Crippen LogP) is 10.5. The molecule has 292 valence electrons. The lowest BCUT2D eigenvalue weighted by Crippen LogP contribution is -2.42. The number of nitrogens with zero attached hydrogens (tertiary/aromatic N) is 4. The van der Waals surface area contributed by atoms with E-state index in [2.05, 4.69) is 41.5 Å². The summed E-state index contributed by atoms with van der Waals surface area (Å²) in [4.78, 5) is 57.2. The van der Waals surface area contributed by atoms with Crippen molar-refractivity contribution in [3.8, 4) is 23.6 Å². The van der Waals surface area contributed by atoms with Gasteiger partial charge in [0, 0.05) is 25.9 Å². The molecule has 3 aliphatic heterocycles. The van der Waals surface area contributed by atoms with Crippen LogP contribution < -0.4 is 9.47 Å². The Labute approximate surface area is 337 Å². The SMILES string of the molecule is CCCCN1C(=O)C(=C2Sc3c(OC(=O)CC(C)CC(C)(C)C)c4c(c(OC(=O)CC(C)CC(C)(C)C)c3S2)SC(=C(C#N)C#N)S4)C(=O)N1CCCC. The summed E-state index contributed by atoms with van der Waals surface area (Å²) >= 11 is 4.53. The molecule has 14 heteroatoms. The summed E-state index contributed by atoms with van der Waals surface area (Å²) in [6.07, 6.45) is 5.04. The average Bonchev–Trinajstić information content (AvgIpc) is 3.74. The third-order valence-corrected chi connectivity index (χ3v) is 13.9. The molecule has 3 aliphatic rings. The molecule has 3 heterocycles. The molecular weight excluding hydrogens is 761 g/mol. The standard InChI is InChI=1S/C40H52N4O6S4/c1-11-13-15-43-35(47)28(36(48)44(43)16-14-12-2)38-53-33-29(49-26(45)17-23(3)19-39(5,6)7)31-32(52-37(51-31)25(21-41)22-42)30(34(33)54-38)50-27(46)18-24(4)20-40(8,9)10/h23-24H,11-20H2,1-10H3. The van der Waals surface area contributed by atoms with Gasteiger partial charge < -0.3 is 9.47 Å². The number of hydrogen-bond donors (Lipinski definition) is 0. The number of carbonyl (C=O) groups is 4. The van der Waals surface area contributed by atoms with Crippen molar-refractivity contribution in [3.63, 3.8) is 0 Å². The maximum atomic E-state index is 14.0. The van der Waals surface area contributed by atoms with Crippen molar-refractivity contribution in [2.24, 2.45) is 22.7 Å². The Balaban J connectivity index is 1.88. The summed E-state index contributed by atoms with van der Waals surface area (Å²) in [6.45, 7) is 21.6. The number of fused-ring (bicyclic) bond motifs is 2. The third kappa shape index (κ3) is 10.6. The Kier molecular flexibility index (Phi) is 14.8. The van der Waals surface area contributed by atoms with Crippen LogP contribution in [0.3, 0.4) is 0 Å². The third-order valence-electron chi connectivity index (χ3n) is 8.67. The number of thioether (sulfide) groups is 4. The minimum absolute atomic E-state index is 0.000765. The van der Waals surface area contributed by atoms with Crippen molar-refractivity contribution < 1.29 is 28.7 Å². The Bertz CT molecular complexity index is 1700. The second-order valence-corrected chi connectivity index (χ2v) is 21.2. The second-order valence-electron chi connectivity index (χ2n) is 16.6. The van der Waals surface area contributed by atoms with Crippen LogP contribution in [0.2, 0.25) is 0 Å². The molecule has 10 nitrogen and oxygen atoms in total. The summed E-state index contributed by atoms with van der Waals surface area (Å²) in [5, 5.41) is 22.7. The van der Waals surface area contributed by atoms with Gasteiger partial charge in [-0.2, -0.15) is 10.5 Å². The first-order valence-electron chi connectivity index (χ1n) is 18.6. The number of hydrogen-bond acceptors (Lipinski definition) is 12. The van der Waals surface area contributed by atoms with Gasteiger partial charge in [0.2, 0.25) is 0 Å². The molecule has 1 saturated heterocycles. The van der Waals surface area contributed by atoms with Crippen LogP contribution in [0.1, 0.15) is 121 Å². The molecule has 0 saturated carbocycles. The van der Waals surface area contributed by atoms with E-state index in [9.17, 15) is 29.7 Å². The number of hydrazine groups is 1. The van der Waals surface area contributed by atoms with Crippen molar-refractivity contribution >= 4 is 70.8 Å². The molecule has 4 rings (SSSR count). The summed E-state index contributed by atoms with van der Waals surface area (Å²) in [5.41, 5.74) is -0.0747. The molecule has 1 aromatic rings. The lowest BCUT2D eigenvalue weighted by Gasteiger charge is -2.27. The van der Waals surface area contributed by atoms with Crippen LogP contribution in [0.4, 0.5) is 0 Å². The van der Waals surface area contributed by atoms with Gasteiger partial charge >= 0.3 is 11.9 Å². The van der Waals surface area contributed by atoms with Gasteiger partial charge in [-0.25, -0.2) is 10.0 Å². The van der Waals surface area contributed by atoms with E-state index in [1.165, 1.54) is 10.0 Å². The maximum absolute atomic E-state index is 14.0. The maximum Gasteiger partial charge on any atom is 0.311 e. The van der Waals surface area contributed by atoms with E-state index in [0.29, 0.717) is 41.1 Å². The smallest absolute Gasteiger partial charge is 0.311 e. The largest absolute Gasteiger partial charge is 0.424 e. The second kappa shape index (κ2) is 18.3. The zero-order valence-electron chi connectivity index (χ0n) is 33.1. The lowest BCUT2D eigenvalue weighted by molar-refractivity contribution is -0.147. The Morgan fingerprint density at radius 1 is 0.685 bits per heavy atom.